The van der Waals surface area contributed by atoms with E-state index in [9.17, 15) is 19.5 Å². The Balaban J connectivity index is 0.931. The van der Waals surface area contributed by atoms with Crippen LogP contribution in [0.3, 0.4) is 0 Å². The fourth-order valence-electron chi connectivity index (χ4n) is 9.82. The Morgan fingerprint density at radius 3 is 2.33 bits per heavy atom. The highest BCUT2D eigenvalue weighted by Gasteiger charge is 2.50. The monoisotopic (exact) mass is 771 g/mol. The minimum atomic E-state index is -0.967. The average molecular weight is 772 g/mol. The summed E-state index contributed by atoms with van der Waals surface area (Å²) in [5, 5.41) is 12.2. The van der Waals surface area contributed by atoms with Crippen molar-refractivity contribution in [3.05, 3.63) is 131 Å². The molecule has 3 amide bonds. The molecule has 3 aliphatic heterocycles. The van der Waals surface area contributed by atoms with Gasteiger partial charge in [-0.2, -0.15) is 0 Å². The van der Waals surface area contributed by atoms with E-state index in [0.717, 1.165) is 58.5 Å². The van der Waals surface area contributed by atoms with Crippen LogP contribution in [0, 0.1) is 10.8 Å². The number of aliphatic hydroxyl groups is 1. The molecule has 6 unspecified atom stereocenters. The second kappa shape index (κ2) is 16.2. The number of rotatable bonds is 11. The van der Waals surface area contributed by atoms with Gasteiger partial charge in [-0.3, -0.25) is 19.4 Å². The molecule has 4 aromatic rings. The molecule has 0 spiro atoms. The molecule has 298 valence electrons. The number of benzene rings is 4. The summed E-state index contributed by atoms with van der Waals surface area (Å²) in [6, 6.07) is 32.9. The molecule has 4 aromatic carbocycles. The fraction of sp³-hybridized carbons (Fsp3) is 0.426. The van der Waals surface area contributed by atoms with Crippen molar-refractivity contribution >= 4 is 17.9 Å². The minimum Gasteiger partial charge on any atom is -0.445 e. The van der Waals surface area contributed by atoms with Gasteiger partial charge in [0.05, 0.1) is 31.8 Å². The molecule has 0 radical (unpaired) electrons. The molecule has 2 bridgehead atoms. The Bertz CT molecular complexity index is 2070. The molecule has 1 saturated carbocycles. The molecular formula is C47H53N3O7. The van der Waals surface area contributed by atoms with E-state index in [1.165, 1.54) is 24.2 Å². The van der Waals surface area contributed by atoms with Crippen LogP contribution in [-0.4, -0.2) is 64.1 Å². The highest BCUT2D eigenvalue weighted by molar-refractivity contribution is 6.06. The highest BCUT2D eigenvalue weighted by atomic mass is 16.7. The summed E-state index contributed by atoms with van der Waals surface area (Å²) in [6.07, 6.45) is 2.88. The zero-order valence-corrected chi connectivity index (χ0v) is 33.1. The van der Waals surface area contributed by atoms with Crippen molar-refractivity contribution in [2.24, 2.45) is 10.8 Å². The van der Waals surface area contributed by atoms with Gasteiger partial charge in [0, 0.05) is 31.1 Å². The quantitative estimate of drug-likeness (QED) is 0.148. The highest BCUT2D eigenvalue weighted by Crippen LogP contribution is 2.53. The Labute approximate surface area is 335 Å². The van der Waals surface area contributed by atoms with Crippen molar-refractivity contribution < 1.29 is 33.7 Å². The van der Waals surface area contributed by atoms with Crippen molar-refractivity contribution in [3.8, 4) is 11.1 Å². The number of likely N-dealkylation sites (tertiary alicyclic amines) is 2. The van der Waals surface area contributed by atoms with Gasteiger partial charge in [-0.15, -0.1) is 0 Å². The standard InChI is InChI=1S/C47H53N3O7/c1-46(2)23-38-24-47(3,29-46)30-49(38)26-39-21-41(35-14-12-31(27-51)13-15-35)57-44(56-39)36-18-16-34(17-19-36)37-11-7-10-33(20-37)25-50-42(52)22-40(43(50)53)48-45(54)55-28-32-8-5-4-6-9-32/h4-20,38-41,44,51H,21-30H2,1-3H3,(H,48,54). The fourth-order valence-corrected chi connectivity index (χ4v) is 9.82. The van der Waals surface area contributed by atoms with Crippen molar-refractivity contribution in [2.45, 2.75) is 103 Å². The summed E-state index contributed by atoms with van der Waals surface area (Å²) < 4.78 is 18.7. The van der Waals surface area contributed by atoms with E-state index in [1.54, 1.807) is 0 Å². The number of imide groups is 1. The predicted molar refractivity (Wildman–Crippen MR) is 215 cm³/mol. The molecule has 3 heterocycles. The van der Waals surface area contributed by atoms with Crippen LogP contribution >= 0.6 is 0 Å². The molecule has 3 saturated heterocycles. The zero-order chi connectivity index (χ0) is 39.7. The van der Waals surface area contributed by atoms with Gasteiger partial charge in [-0.25, -0.2) is 4.79 Å². The number of fused-ring (bicyclic) bond motifs is 2. The molecular weight excluding hydrogens is 719 g/mol. The summed E-state index contributed by atoms with van der Waals surface area (Å²) in [5.74, 6) is -0.798. The number of nitrogens with zero attached hydrogens (tertiary/aromatic N) is 2. The maximum atomic E-state index is 13.2. The maximum Gasteiger partial charge on any atom is 0.408 e. The first-order valence-electron chi connectivity index (χ1n) is 20.2. The lowest BCUT2D eigenvalue weighted by Crippen LogP contribution is -2.42. The number of aliphatic hydroxyl groups excluding tert-OH is 1. The number of carbonyl (C=O) groups excluding carboxylic acids is 3. The molecule has 10 nitrogen and oxygen atoms in total. The molecule has 2 N–H and O–H groups in total. The lowest BCUT2D eigenvalue weighted by Gasteiger charge is -2.41. The second-order valence-electron chi connectivity index (χ2n) is 17.6. The van der Waals surface area contributed by atoms with Crippen molar-refractivity contribution in [2.75, 3.05) is 13.1 Å². The summed E-state index contributed by atoms with van der Waals surface area (Å²) in [4.78, 5) is 42.4. The van der Waals surface area contributed by atoms with E-state index in [1.807, 2.05) is 78.9 Å². The zero-order valence-electron chi connectivity index (χ0n) is 33.1. The summed E-state index contributed by atoms with van der Waals surface area (Å²) in [6.45, 7) is 9.39. The first-order valence-corrected chi connectivity index (χ1v) is 20.2. The van der Waals surface area contributed by atoms with Crippen molar-refractivity contribution in [1.82, 2.24) is 15.1 Å². The Hall–Kier alpha value is -4.87. The molecule has 8 rings (SSSR count). The lowest BCUT2D eigenvalue weighted by atomic mass is 9.65. The van der Waals surface area contributed by atoms with E-state index < -0.39 is 24.3 Å². The van der Waals surface area contributed by atoms with Crippen LogP contribution in [0.5, 0.6) is 0 Å². The van der Waals surface area contributed by atoms with Gasteiger partial charge < -0.3 is 24.6 Å². The topological polar surface area (TPSA) is 118 Å². The first kappa shape index (κ1) is 39.0. The van der Waals surface area contributed by atoms with Crippen molar-refractivity contribution in [1.29, 1.82) is 0 Å². The summed E-state index contributed by atoms with van der Waals surface area (Å²) in [5.41, 5.74) is 7.09. The Morgan fingerprint density at radius 2 is 1.58 bits per heavy atom. The van der Waals surface area contributed by atoms with E-state index >= 15 is 0 Å². The van der Waals surface area contributed by atoms with Crippen molar-refractivity contribution in [3.63, 3.8) is 0 Å². The van der Waals surface area contributed by atoms with Gasteiger partial charge >= 0.3 is 6.09 Å². The number of alkyl carbamates (subject to hydrolysis) is 1. The van der Waals surface area contributed by atoms with Gasteiger partial charge in [0.1, 0.15) is 12.6 Å². The minimum absolute atomic E-state index is 0.00124. The van der Waals surface area contributed by atoms with Gasteiger partial charge in [0.25, 0.3) is 5.91 Å². The van der Waals surface area contributed by atoms with Crippen LogP contribution in [0.15, 0.2) is 103 Å². The first-order chi connectivity index (χ1) is 27.4. The average Bonchev–Trinajstić information content (AvgIpc) is 3.60. The summed E-state index contributed by atoms with van der Waals surface area (Å²) >= 11 is 0. The molecule has 4 fully saturated rings. The van der Waals surface area contributed by atoms with Gasteiger partial charge in [-0.1, -0.05) is 118 Å². The third kappa shape index (κ3) is 9.00. The van der Waals surface area contributed by atoms with Crippen LogP contribution < -0.4 is 5.32 Å². The van der Waals surface area contributed by atoms with E-state index in [4.69, 9.17) is 14.2 Å². The third-order valence-electron chi connectivity index (χ3n) is 12.1. The molecule has 0 aromatic heterocycles. The molecule has 57 heavy (non-hydrogen) atoms. The molecule has 4 aliphatic rings. The van der Waals surface area contributed by atoms with Crippen LogP contribution in [0.25, 0.3) is 11.1 Å². The van der Waals surface area contributed by atoms with E-state index in [-0.39, 0.29) is 44.3 Å². The predicted octanol–water partition coefficient (Wildman–Crippen LogP) is 7.85. The number of amides is 3. The second-order valence-corrected chi connectivity index (χ2v) is 17.6. The number of carbonyl (C=O) groups is 3. The molecule has 6 atom stereocenters. The van der Waals surface area contributed by atoms with Gasteiger partial charge in [-0.05, 0) is 69.5 Å². The van der Waals surface area contributed by atoms with E-state index in [0.29, 0.717) is 16.9 Å². The van der Waals surface area contributed by atoms with Crippen LogP contribution in [0.2, 0.25) is 0 Å². The summed E-state index contributed by atoms with van der Waals surface area (Å²) in [7, 11) is 0. The Kier molecular flexibility index (Phi) is 11.1. The Morgan fingerprint density at radius 1 is 0.842 bits per heavy atom. The van der Waals surface area contributed by atoms with Gasteiger partial charge in [0.15, 0.2) is 6.29 Å². The van der Waals surface area contributed by atoms with Gasteiger partial charge in [0.2, 0.25) is 5.91 Å². The smallest absolute Gasteiger partial charge is 0.408 e. The van der Waals surface area contributed by atoms with Crippen LogP contribution in [0.1, 0.15) is 93.1 Å². The normalized spacial score (nSPS) is 27.1. The number of ether oxygens (including phenoxy) is 3. The maximum absolute atomic E-state index is 13.2. The van der Waals surface area contributed by atoms with Crippen LogP contribution in [0.4, 0.5) is 4.79 Å². The van der Waals surface area contributed by atoms with Crippen LogP contribution in [-0.2, 0) is 43.6 Å². The van der Waals surface area contributed by atoms with E-state index in [2.05, 4.69) is 55.3 Å². The SMILES string of the molecule is CC1(C)CC2CC(C)(CN2CC2CC(c3ccc(CO)cc3)OC(c3ccc(-c4cccc(CN5C(=O)CC(NC(=O)OCc6ccccc6)C5=O)c4)cc3)O2)C1. The lowest BCUT2D eigenvalue weighted by molar-refractivity contribution is -0.253. The number of hydrogen-bond donors (Lipinski definition) is 2. The molecule has 1 aliphatic carbocycles. The third-order valence-corrected chi connectivity index (χ3v) is 12.1. The number of nitrogens with one attached hydrogen (secondary N) is 1. The molecule has 10 heteroatoms. The number of hydrogen-bond acceptors (Lipinski definition) is 8. The largest absolute Gasteiger partial charge is 0.445 e.